The minimum absolute atomic E-state index is 0.138. The standard InChI is InChI=1S/C20H25N3O5S/c1-13-5-7-15(12-19(13)23(24)25)29(26,27)21-18-9-10-20(28-4)17-11-14(22(2)3)6-8-16(17)18/h5,7,9-10,12,14,21H,6,8,11H2,1-4H3. The number of rotatable bonds is 6. The molecular formula is C20H25N3O5S. The van der Waals surface area contributed by atoms with Crippen LogP contribution in [-0.2, 0) is 22.9 Å². The van der Waals surface area contributed by atoms with Gasteiger partial charge in [-0.05, 0) is 64.0 Å². The molecule has 1 aliphatic carbocycles. The number of nitrogens with one attached hydrogen (secondary N) is 1. The molecule has 9 heteroatoms. The lowest BCUT2D eigenvalue weighted by Gasteiger charge is -2.32. The maximum absolute atomic E-state index is 12.9. The van der Waals surface area contributed by atoms with Crippen molar-refractivity contribution in [3.05, 3.63) is 57.1 Å². The molecule has 1 unspecified atom stereocenters. The summed E-state index contributed by atoms with van der Waals surface area (Å²) in [6.45, 7) is 1.57. The first-order chi connectivity index (χ1) is 13.6. The number of nitro benzene ring substituents is 1. The Bertz CT molecular complexity index is 1050. The van der Waals surface area contributed by atoms with E-state index in [-0.39, 0.29) is 10.6 Å². The number of hydrogen-bond acceptors (Lipinski definition) is 6. The Kier molecular flexibility index (Phi) is 5.81. The van der Waals surface area contributed by atoms with Crippen LogP contribution in [0.25, 0.3) is 0 Å². The van der Waals surface area contributed by atoms with Crippen LogP contribution < -0.4 is 9.46 Å². The summed E-state index contributed by atoms with van der Waals surface area (Å²) in [4.78, 5) is 12.6. The van der Waals surface area contributed by atoms with Crippen LogP contribution in [0.4, 0.5) is 11.4 Å². The third kappa shape index (κ3) is 4.20. The van der Waals surface area contributed by atoms with Crippen LogP contribution in [0.5, 0.6) is 5.75 Å². The molecule has 0 aromatic heterocycles. The number of anilines is 1. The SMILES string of the molecule is COc1ccc(NS(=O)(=O)c2ccc(C)c([N+](=O)[O-])c2)c2c1CC(N(C)C)CC2. The maximum atomic E-state index is 12.9. The lowest BCUT2D eigenvalue weighted by atomic mass is 9.86. The minimum Gasteiger partial charge on any atom is -0.496 e. The van der Waals surface area contributed by atoms with Crippen LogP contribution in [-0.4, -0.2) is 45.5 Å². The summed E-state index contributed by atoms with van der Waals surface area (Å²) in [5.41, 5.74) is 2.57. The molecule has 0 spiro atoms. The van der Waals surface area contributed by atoms with E-state index in [4.69, 9.17) is 4.74 Å². The van der Waals surface area contributed by atoms with Gasteiger partial charge in [0.15, 0.2) is 0 Å². The van der Waals surface area contributed by atoms with Crippen molar-refractivity contribution >= 4 is 21.4 Å². The zero-order valence-electron chi connectivity index (χ0n) is 16.9. The van der Waals surface area contributed by atoms with Crippen molar-refractivity contribution in [2.75, 3.05) is 25.9 Å². The Balaban J connectivity index is 2.00. The van der Waals surface area contributed by atoms with Crippen molar-refractivity contribution in [1.82, 2.24) is 4.90 Å². The second kappa shape index (κ2) is 8.00. The Labute approximate surface area is 170 Å². The highest BCUT2D eigenvalue weighted by molar-refractivity contribution is 7.92. The van der Waals surface area contributed by atoms with Crippen molar-refractivity contribution in [2.45, 2.75) is 37.1 Å². The molecule has 3 rings (SSSR count). The molecule has 8 nitrogen and oxygen atoms in total. The first-order valence-corrected chi connectivity index (χ1v) is 10.8. The predicted molar refractivity (Wildman–Crippen MR) is 111 cm³/mol. The van der Waals surface area contributed by atoms with Crippen molar-refractivity contribution in [2.24, 2.45) is 0 Å². The number of ether oxygens (including phenoxy) is 1. The summed E-state index contributed by atoms with van der Waals surface area (Å²) in [5.74, 6) is 0.737. The molecule has 29 heavy (non-hydrogen) atoms. The number of benzene rings is 2. The van der Waals surface area contributed by atoms with Gasteiger partial charge in [0.2, 0.25) is 0 Å². The zero-order valence-corrected chi connectivity index (χ0v) is 17.7. The Hall–Kier alpha value is -2.65. The molecule has 0 aliphatic heterocycles. The summed E-state index contributed by atoms with van der Waals surface area (Å²) in [7, 11) is 1.68. The van der Waals surface area contributed by atoms with E-state index in [1.54, 1.807) is 26.2 Å². The molecule has 0 bridgehead atoms. The van der Waals surface area contributed by atoms with Gasteiger partial charge in [0.05, 0.1) is 22.6 Å². The molecular weight excluding hydrogens is 394 g/mol. The average molecular weight is 420 g/mol. The fraction of sp³-hybridized carbons (Fsp3) is 0.400. The van der Waals surface area contributed by atoms with Gasteiger partial charge in [0.25, 0.3) is 15.7 Å². The highest BCUT2D eigenvalue weighted by Gasteiger charge is 2.27. The van der Waals surface area contributed by atoms with Crippen LogP contribution in [0, 0.1) is 17.0 Å². The third-order valence-corrected chi connectivity index (χ3v) is 6.80. The molecule has 2 aromatic carbocycles. The molecule has 0 saturated carbocycles. The molecule has 0 fully saturated rings. The van der Waals surface area contributed by atoms with E-state index in [1.807, 2.05) is 14.1 Å². The average Bonchev–Trinajstić information content (AvgIpc) is 2.67. The van der Waals surface area contributed by atoms with E-state index < -0.39 is 14.9 Å². The monoisotopic (exact) mass is 419 g/mol. The van der Waals surface area contributed by atoms with Gasteiger partial charge in [-0.1, -0.05) is 6.07 Å². The van der Waals surface area contributed by atoms with Crippen molar-refractivity contribution in [3.8, 4) is 5.75 Å². The van der Waals surface area contributed by atoms with E-state index in [2.05, 4.69) is 9.62 Å². The first-order valence-electron chi connectivity index (χ1n) is 9.27. The smallest absolute Gasteiger partial charge is 0.273 e. The number of fused-ring (bicyclic) bond motifs is 1. The molecule has 0 radical (unpaired) electrons. The predicted octanol–water partition coefficient (Wildman–Crippen LogP) is 3.13. The number of hydrogen-bond donors (Lipinski definition) is 1. The minimum atomic E-state index is -3.97. The van der Waals surface area contributed by atoms with E-state index in [1.165, 1.54) is 12.1 Å². The van der Waals surface area contributed by atoms with Gasteiger partial charge in [0.1, 0.15) is 5.75 Å². The summed E-state index contributed by atoms with van der Waals surface area (Å²) in [6, 6.07) is 7.71. The number of nitrogens with zero attached hydrogens (tertiary/aromatic N) is 2. The number of sulfonamides is 1. The maximum Gasteiger partial charge on any atom is 0.273 e. The summed E-state index contributed by atoms with van der Waals surface area (Å²) < 4.78 is 34.0. The van der Waals surface area contributed by atoms with Crippen molar-refractivity contribution in [3.63, 3.8) is 0 Å². The number of nitro groups is 1. The van der Waals surface area contributed by atoms with Gasteiger partial charge in [-0.2, -0.15) is 0 Å². The van der Waals surface area contributed by atoms with Gasteiger partial charge < -0.3 is 9.64 Å². The normalized spacial score (nSPS) is 16.4. The van der Waals surface area contributed by atoms with Gasteiger partial charge in [-0.15, -0.1) is 0 Å². The largest absolute Gasteiger partial charge is 0.496 e. The fourth-order valence-electron chi connectivity index (χ4n) is 3.71. The zero-order chi connectivity index (χ0) is 21.3. The molecule has 0 heterocycles. The summed E-state index contributed by atoms with van der Waals surface area (Å²) in [5, 5.41) is 11.2. The summed E-state index contributed by atoms with van der Waals surface area (Å²) in [6.07, 6.45) is 2.37. The second-order valence-corrected chi connectivity index (χ2v) is 9.13. The molecule has 156 valence electrons. The van der Waals surface area contributed by atoms with Crippen molar-refractivity contribution in [1.29, 1.82) is 0 Å². The second-order valence-electron chi connectivity index (χ2n) is 7.44. The van der Waals surface area contributed by atoms with Crippen molar-refractivity contribution < 1.29 is 18.1 Å². The lowest BCUT2D eigenvalue weighted by molar-refractivity contribution is -0.385. The van der Waals surface area contributed by atoms with Gasteiger partial charge in [-0.25, -0.2) is 8.42 Å². The molecule has 1 N–H and O–H groups in total. The van der Waals surface area contributed by atoms with Gasteiger partial charge in [-0.3, -0.25) is 14.8 Å². The number of methoxy groups -OCH3 is 1. The van der Waals surface area contributed by atoms with Crippen LogP contribution >= 0.6 is 0 Å². The third-order valence-electron chi connectivity index (χ3n) is 5.44. The van der Waals surface area contributed by atoms with E-state index >= 15 is 0 Å². The Morgan fingerprint density at radius 1 is 1.21 bits per heavy atom. The van der Waals surface area contributed by atoms with Crippen LogP contribution in [0.2, 0.25) is 0 Å². The van der Waals surface area contributed by atoms with Crippen LogP contribution in [0.1, 0.15) is 23.1 Å². The number of likely N-dealkylation sites (N-methyl/N-ethyl adjacent to an activating group) is 1. The molecule has 0 saturated heterocycles. The van der Waals surface area contributed by atoms with Gasteiger partial charge in [0, 0.05) is 23.2 Å². The summed E-state index contributed by atoms with van der Waals surface area (Å²) >= 11 is 0. The highest BCUT2D eigenvalue weighted by atomic mass is 32.2. The Morgan fingerprint density at radius 3 is 2.55 bits per heavy atom. The molecule has 0 amide bonds. The van der Waals surface area contributed by atoms with Crippen LogP contribution in [0.15, 0.2) is 35.2 Å². The first kappa shape index (κ1) is 21.1. The molecule has 1 atom stereocenters. The fourth-order valence-corrected chi connectivity index (χ4v) is 4.83. The topological polar surface area (TPSA) is 102 Å². The quantitative estimate of drug-likeness (QED) is 0.570. The van der Waals surface area contributed by atoms with E-state index in [0.717, 1.165) is 35.8 Å². The number of aryl methyl sites for hydroxylation is 1. The Morgan fingerprint density at radius 2 is 1.93 bits per heavy atom. The highest BCUT2D eigenvalue weighted by Crippen LogP contribution is 2.37. The lowest BCUT2D eigenvalue weighted by Crippen LogP contribution is -2.34. The molecule has 1 aliphatic rings. The van der Waals surface area contributed by atoms with E-state index in [9.17, 15) is 18.5 Å². The van der Waals surface area contributed by atoms with Crippen LogP contribution in [0.3, 0.4) is 0 Å². The molecule has 2 aromatic rings. The van der Waals surface area contributed by atoms with E-state index in [0.29, 0.717) is 23.7 Å². The van der Waals surface area contributed by atoms with Gasteiger partial charge >= 0.3 is 0 Å².